The van der Waals surface area contributed by atoms with Crippen molar-refractivity contribution in [3.8, 4) is 11.8 Å². The number of alkyl halides is 1. The quantitative estimate of drug-likeness (QED) is 0.171. The van der Waals surface area contributed by atoms with Gasteiger partial charge >= 0.3 is 0 Å². The van der Waals surface area contributed by atoms with E-state index in [0.717, 1.165) is 37.5 Å². The normalized spacial score (nSPS) is 10.3. The predicted molar refractivity (Wildman–Crippen MR) is 70.5 cm³/mol. The fourth-order valence-corrected chi connectivity index (χ4v) is 1.25. The number of hydrogen-bond acceptors (Lipinski definition) is 1. The Balaban J connectivity index is 4.16. The van der Waals surface area contributed by atoms with E-state index in [9.17, 15) is 4.79 Å². The molecule has 0 amide bonds. The summed E-state index contributed by atoms with van der Waals surface area (Å²) in [5.74, 6) is 6.69. The highest BCUT2D eigenvalue weighted by molar-refractivity contribution is 6.17. The van der Waals surface area contributed by atoms with Crippen molar-refractivity contribution in [1.29, 1.82) is 0 Å². The molecule has 1 nitrogen and oxygen atoms in total. The van der Waals surface area contributed by atoms with Crippen molar-refractivity contribution in [2.24, 2.45) is 0 Å². The van der Waals surface area contributed by atoms with Gasteiger partial charge in [0.2, 0.25) is 0 Å². The van der Waals surface area contributed by atoms with Gasteiger partial charge in [-0.25, -0.2) is 0 Å². The van der Waals surface area contributed by atoms with E-state index in [-0.39, 0.29) is 0 Å². The third-order valence-corrected chi connectivity index (χ3v) is 2.19. The summed E-state index contributed by atoms with van der Waals surface area (Å²) in [7, 11) is 0. The topological polar surface area (TPSA) is 17.1 Å². The Kier molecular flexibility index (Phi) is 9.86. The van der Waals surface area contributed by atoms with Crippen molar-refractivity contribution >= 4 is 17.9 Å². The van der Waals surface area contributed by atoms with Gasteiger partial charge < -0.3 is 0 Å². The maximum atomic E-state index is 10.4. The molecule has 0 heterocycles. The summed E-state index contributed by atoms with van der Waals surface area (Å²) in [5.41, 5.74) is 2.20. The molecule has 0 radical (unpaired) electrons. The fourth-order valence-electron chi connectivity index (χ4n) is 1.12. The number of aldehydes is 1. The molecule has 0 aromatic carbocycles. The van der Waals surface area contributed by atoms with E-state index in [1.807, 2.05) is 0 Å². The minimum absolute atomic E-state index is 0.638. The molecule has 0 unspecified atom stereocenters. The van der Waals surface area contributed by atoms with Crippen molar-refractivity contribution in [2.45, 2.75) is 39.5 Å². The van der Waals surface area contributed by atoms with Crippen LogP contribution in [-0.4, -0.2) is 12.2 Å². The van der Waals surface area contributed by atoms with Crippen LogP contribution in [0.25, 0.3) is 0 Å². The highest BCUT2D eigenvalue weighted by Gasteiger charge is 1.91. The molecule has 0 fully saturated rings. The van der Waals surface area contributed by atoms with Crippen LogP contribution in [-0.2, 0) is 4.79 Å². The van der Waals surface area contributed by atoms with Gasteiger partial charge in [0, 0.05) is 17.9 Å². The molecule has 0 saturated carbocycles. The van der Waals surface area contributed by atoms with Crippen LogP contribution in [0.5, 0.6) is 0 Å². The predicted octanol–water partition coefficient (Wildman–Crippen LogP) is 3.88. The molecular formula is C14H19ClO. The van der Waals surface area contributed by atoms with Crippen LogP contribution in [0, 0.1) is 11.8 Å². The zero-order chi connectivity index (χ0) is 12.2. The maximum absolute atomic E-state index is 10.4. The molecule has 0 spiro atoms. The number of carbonyl (C=O) groups excluding carboxylic acids is 1. The van der Waals surface area contributed by atoms with E-state index in [4.69, 9.17) is 11.6 Å². The number of hydrogen-bond donors (Lipinski definition) is 0. The first-order chi connectivity index (χ1) is 7.70. The van der Waals surface area contributed by atoms with Gasteiger partial charge in [-0.15, -0.1) is 11.6 Å². The van der Waals surface area contributed by atoms with Crippen LogP contribution in [0.2, 0.25) is 0 Å². The summed E-state index contributed by atoms with van der Waals surface area (Å²) in [6, 6.07) is 0. The average molecular weight is 239 g/mol. The monoisotopic (exact) mass is 238 g/mol. The van der Waals surface area contributed by atoms with E-state index in [0.29, 0.717) is 5.88 Å². The van der Waals surface area contributed by atoms with Crippen LogP contribution in [0.3, 0.4) is 0 Å². The first-order valence-corrected chi connectivity index (χ1v) is 6.06. The first kappa shape index (κ1) is 15.0. The number of carbonyl (C=O) groups is 1. The molecule has 88 valence electrons. The Morgan fingerprint density at radius 2 is 2.12 bits per heavy atom. The van der Waals surface area contributed by atoms with Crippen LogP contribution < -0.4 is 0 Å². The molecule has 0 aliphatic rings. The second kappa shape index (κ2) is 10.5. The summed E-state index contributed by atoms with van der Waals surface area (Å²) < 4.78 is 0. The van der Waals surface area contributed by atoms with Crippen LogP contribution >= 0.6 is 11.6 Å². The lowest BCUT2D eigenvalue weighted by atomic mass is 10.1. The molecule has 0 aromatic rings. The van der Waals surface area contributed by atoms with Gasteiger partial charge in [-0.05, 0) is 39.2 Å². The smallest absolute Gasteiger partial charge is 0.143 e. The Hall–Kier alpha value is -1.00. The highest BCUT2D eigenvalue weighted by atomic mass is 35.5. The Labute approximate surface area is 104 Å². The third-order valence-electron chi connectivity index (χ3n) is 1.92. The molecule has 0 aromatic heterocycles. The lowest BCUT2D eigenvalue weighted by molar-refractivity contribution is -0.104. The summed E-state index contributed by atoms with van der Waals surface area (Å²) in [6.07, 6.45) is 7.96. The SMILES string of the molecule is CC(C)=CCC/C(C#CCCCCl)=C/C=O. The number of halogens is 1. The van der Waals surface area contributed by atoms with Gasteiger partial charge in [-0.1, -0.05) is 23.5 Å². The molecule has 16 heavy (non-hydrogen) atoms. The molecule has 0 rings (SSSR count). The first-order valence-electron chi connectivity index (χ1n) is 5.53. The molecule has 0 N–H and O–H groups in total. The van der Waals surface area contributed by atoms with Crippen molar-refractivity contribution < 1.29 is 4.79 Å². The largest absolute Gasteiger partial charge is 0.299 e. The van der Waals surface area contributed by atoms with Crippen LogP contribution in [0.1, 0.15) is 39.5 Å². The third kappa shape index (κ3) is 9.55. The highest BCUT2D eigenvalue weighted by Crippen LogP contribution is 2.06. The molecule has 0 bridgehead atoms. The summed E-state index contributed by atoms with van der Waals surface area (Å²) in [6.45, 7) is 4.13. The molecule has 0 saturated heterocycles. The minimum atomic E-state index is 0.638. The number of allylic oxidation sites excluding steroid dienone is 4. The zero-order valence-corrected chi connectivity index (χ0v) is 10.8. The summed E-state index contributed by atoms with van der Waals surface area (Å²) in [5, 5.41) is 0. The van der Waals surface area contributed by atoms with E-state index in [1.165, 1.54) is 5.57 Å². The minimum Gasteiger partial charge on any atom is -0.299 e. The summed E-state index contributed by atoms with van der Waals surface area (Å²) >= 11 is 5.55. The Morgan fingerprint density at radius 1 is 1.38 bits per heavy atom. The van der Waals surface area contributed by atoms with Crippen molar-refractivity contribution in [2.75, 3.05) is 5.88 Å². The number of unbranched alkanes of at least 4 members (excludes halogenated alkanes) is 1. The second-order valence-electron chi connectivity index (χ2n) is 3.74. The van der Waals surface area contributed by atoms with Gasteiger partial charge in [-0.2, -0.15) is 0 Å². The van der Waals surface area contributed by atoms with Gasteiger partial charge in [-0.3, -0.25) is 4.79 Å². The zero-order valence-electron chi connectivity index (χ0n) is 10.1. The molecule has 0 atom stereocenters. The Morgan fingerprint density at radius 3 is 2.69 bits per heavy atom. The number of rotatable bonds is 6. The van der Waals surface area contributed by atoms with Gasteiger partial charge in [0.15, 0.2) is 0 Å². The fraction of sp³-hybridized carbons (Fsp3) is 0.500. The maximum Gasteiger partial charge on any atom is 0.143 e. The molecular weight excluding hydrogens is 220 g/mol. The van der Waals surface area contributed by atoms with Crippen molar-refractivity contribution in [3.63, 3.8) is 0 Å². The van der Waals surface area contributed by atoms with Crippen molar-refractivity contribution in [3.05, 3.63) is 23.3 Å². The van der Waals surface area contributed by atoms with E-state index in [2.05, 4.69) is 31.8 Å². The van der Waals surface area contributed by atoms with Gasteiger partial charge in [0.1, 0.15) is 6.29 Å². The lowest BCUT2D eigenvalue weighted by Crippen LogP contribution is -1.82. The van der Waals surface area contributed by atoms with Gasteiger partial charge in [0.25, 0.3) is 0 Å². The second-order valence-corrected chi connectivity index (χ2v) is 4.12. The summed E-state index contributed by atoms with van der Waals surface area (Å²) in [4.78, 5) is 10.4. The molecule has 0 aliphatic carbocycles. The van der Waals surface area contributed by atoms with Crippen LogP contribution in [0.4, 0.5) is 0 Å². The lowest BCUT2D eigenvalue weighted by Gasteiger charge is -1.95. The van der Waals surface area contributed by atoms with E-state index in [1.54, 1.807) is 6.08 Å². The van der Waals surface area contributed by atoms with E-state index < -0.39 is 0 Å². The van der Waals surface area contributed by atoms with Gasteiger partial charge in [0.05, 0.1) is 0 Å². The van der Waals surface area contributed by atoms with E-state index >= 15 is 0 Å². The van der Waals surface area contributed by atoms with Crippen molar-refractivity contribution in [1.82, 2.24) is 0 Å². The van der Waals surface area contributed by atoms with Crippen LogP contribution in [0.15, 0.2) is 23.3 Å². The average Bonchev–Trinajstić information content (AvgIpc) is 2.23. The molecule has 2 heteroatoms. The molecule has 0 aliphatic heterocycles. The standard InChI is InChI=1S/C14H19ClO/c1-13(2)7-6-9-14(10-12-16)8-4-3-5-11-15/h7,10,12H,3,5-6,9,11H2,1-2H3/b14-10+. The Bertz CT molecular complexity index is 311.